The van der Waals surface area contributed by atoms with Gasteiger partial charge >= 0.3 is 0 Å². The van der Waals surface area contributed by atoms with Crippen LogP contribution in [0.25, 0.3) is 0 Å². The first kappa shape index (κ1) is 13.8. The van der Waals surface area contributed by atoms with Gasteiger partial charge in [0.25, 0.3) is 0 Å². The Morgan fingerprint density at radius 2 is 2.06 bits per heavy atom. The second kappa shape index (κ2) is 7.96. The van der Waals surface area contributed by atoms with E-state index in [1.807, 2.05) is 0 Å². The first-order valence-electron chi connectivity index (χ1n) is 6.24. The number of aryl methyl sites for hydroxylation is 1. The highest BCUT2D eigenvalue weighted by Gasteiger charge is 2.03. The van der Waals surface area contributed by atoms with Crippen molar-refractivity contribution in [3.8, 4) is 5.75 Å². The third-order valence-electron chi connectivity index (χ3n) is 2.53. The molecule has 0 heterocycles. The molecule has 1 rings (SSSR count). The SMILES string of the molecule is CCCCNc1ccc(C)cc1OCCOC. The van der Waals surface area contributed by atoms with Crippen molar-refractivity contribution in [3.05, 3.63) is 23.8 Å². The summed E-state index contributed by atoms with van der Waals surface area (Å²) in [6, 6.07) is 6.23. The van der Waals surface area contributed by atoms with Crippen LogP contribution in [0.1, 0.15) is 25.3 Å². The summed E-state index contributed by atoms with van der Waals surface area (Å²) in [4.78, 5) is 0. The van der Waals surface area contributed by atoms with Crippen molar-refractivity contribution >= 4 is 5.69 Å². The number of rotatable bonds is 8. The van der Waals surface area contributed by atoms with Crippen LogP contribution in [0.2, 0.25) is 0 Å². The molecule has 0 saturated heterocycles. The molecule has 1 aromatic carbocycles. The minimum absolute atomic E-state index is 0.586. The van der Waals surface area contributed by atoms with Gasteiger partial charge in [-0.1, -0.05) is 19.4 Å². The highest BCUT2D eigenvalue weighted by molar-refractivity contribution is 5.57. The van der Waals surface area contributed by atoms with Crippen molar-refractivity contribution in [1.29, 1.82) is 0 Å². The van der Waals surface area contributed by atoms with E-state index in [1.54, 1.807) is 7.11 Å². The Labute approximate surface area is 104 Å². The van der Waals surface area contributed by atoms with Gasteiger partial charge in [0.15, 0.2) is 0 Å². The lowest BCUT2D eigenvalue weighted by Crippen LogP contribution is -2.08. The van der Waals surface area contributed by atoms with E-state index < -0.39 is 0 Å². The van der Waals surface area contributed by atoms with E-state index in [0.717, 1.165) is 18.0 Å². The van der Waals surface area contributed by atoms with Crippen LogP contribution in [0.4, 0.5) is 5.69 Å². The van der Waals surface area contributed by atoms with Gasteiger partial charge in [-0.05, 0) is 31.0 Å². The molecule has 0 unspecified atom stereocenters. The van der Waals surface area contributed by atoms with Gasteiger partial charge in [-0.15, -0.1) is 0 Å². The average Bonchev–Trinajstić information content (AvgIpc) is 2.32. The highest BCUT2D eigenvalue weighted by atomic mass is 16.5. The Hall–Kier alpha value is -1.22. The molecule has 0 atom stereocenters. The van der Waals surface area contributed by atoms with Crippen molar-refractivity contribution in [1.82, 2.24) is 0 Å². The number of methoxy groups -OCH3 is 1. The van der Waals surface area contributed by atoms with E-state index in [4.69, 9.17) is 9.47 Å². The maximum Gasteiger partial charge on any atom is 0.142 e. The summed E-state index contributed by atoms with van der Waals surface area (Å²) in [6.45, 7) is 6.44. The molecule has 0 saturated carbocycles. The molecule has 0 fully saturated rings. The monoisotopic (exact) mass is 237 g/mol. The summed E-state index contributed by atoms with van der Waals surface area (Å²) in [5.41, 5.74) is 2.28. The normalized spacial score (nSPS) is 10.3. The van der Waals surface area contributed by atoms with E-state index in [0.29, 0.717) is 13.2 Å². The first-order valence-corrected chi connectivity index (χ1v) is 6.24. The summed E-state index contributed by atoms with van der Waals surface area (Å²) in [5, 5.41) is 3.40. The fraction of sp³-hybridized carbons (Fsp3) is 0.571. The number of ether oxygens (including phenoxy) is 2. The van der Waals surface area contributed by atoms with E-state index in [2.05, 4.69) is 37.4 Å². The van der Waals surface area contributed by atoms with Crippen molar-refractivity contribution in [3.63, 3.8) is 0 Å². The van der Waals surface area contributed by atoms with Crippen LogP contribution in [0.3, 0.4) is 0 Å². The number of hydrogen-bond donors (Lipinski definition) is 1. The minimum Gasteiger partial charge on any atom is -0.489 e. The van der Waals surface area contributed by atoms with Crippen LogP contribution in [0.15, 0.2) is 18.2 Å². The Bertz CT molecular complexity index is 326. The Morgan fingerprint density at radius 1 is 1.24 bits per heavy atom. The second-order valence-electron chi connectivity index (χ2n) is 4.12. The molecule has 3 heteroatoms. The van der Waals surface area contributed by atoms with Crippen molar-refractivity contribution in [2.45, 2.75) is 26.7 Å². The van der Waals surface area contributed by atoms with Crippen molar-refractivity contribution in [2.24, 2.45) is 0 Å². The Kier molecular flexibility index (Phi) is 6.48. The van der Waals surface area contributed by atoms with E-state index in [9.17, 15) is 0 Å². The van der Waals surface area contributed by atoms with Crippen molar-refractivity contribution < 1.29 is 9.47 Å². The van der Waals surface area contributed by atoms with Crippen molar-refractivity contribution in [2.75, 3.05) is 32.2 Å². The van der Waals surface area contributed by atoms with Crippen LogP contribution < -0.4 is 10.1 Å². The number of unbranched alkanes of at least 4 members (excludes halogenated alkanes) is 1. The van der Waals surface area contributed by atoms with E-state index >= 15 is 0 Å². The fourth-order valence-electron chi connectivity index (χ4n) is 1.53. The molecule has 0 amide bonds. The van der Waals surface area contributed by atoms with Gasteiger partial charge in [-0.25, -0.2) is 0 Å². The van der Waals surface area contributed by atoms with Crippen LogP contribution in [0.5, 0.6) is 5.75 Å². The predicted octanol–water partition coefficient (Wildman–Crippen LogP) is 3.23. The Balaban J connectivity index is 2.59. The van der Waals surface area contributed by atoms with E-state index in [1.165, 1.54) is 18.4 Å². The molecule has 0 spiro atoms. The lowest BCUT2D eigenvalue weighted by Gasteiger charge is -2.13. The maximum atomic E-state index is 5.70. The zero-order valence-corrected chi connectivity index (χ0v) is 11.1. The molecule has 0 bridgehead atoms. The molecule has 1 aromatic rings. The quantitative estimate of drug-likeness (QED) is 0.704. The lowest BCUT2D eigenvalue weighted by molar-refractivity contribution is 0.146. The fourth-order valence-corrected chi connectivity index (χ4v) is 1.53. The molecule has 0 aliphatic carbocycles. The zero-order chi connectivity index (χ0) is 12.5. The zero-order valence-electron chi connectivity index (χ0n) is 11.1. The van der Waals surface area contributed by atoms with Gasteiger partial charge in [-0.3, -0.25) is 0 Å². The lowest BCUT2D eigenvalue weighted by atomic mass is 10.2. The molecule has 96 valence electrons. The number of nitrogens with one attached hydrogen (secondary N) is 1. The van der Waals surface area contributed by atoms with Gasteiger partial charge in [0.1, 0.15) is 12.4 Å². The van der Waals surface area contributed by atoms with Crippen LogP contribution in [0, 0.1) is 6.92 Å². The minimum atomic E-state index is 0.586. The number of benzene rings is 1. The van der Waals surface area contributed by atoms with Gasteiger partial charge in [-0.2, -0.15) is 0 Å². The number of anilines is 1. The third kappa shape index (κ3) is 5.09. The highest BCUT2D eigenvalue weighted by Crippen LogP contribution is 2.25. The number of hydrogen-bond acceptors (Lipinski definition) is 3. The van der Waals surface area contributed by atoms with Crippen LogP contribution in [-0.4, -0.2) is 26.9 Å². The summed E-state index contributed by atoms with van der Waals surface area (Å²) in [7, 11) is 1.68. The van der Waals surface area contributed by atoms with Gasteiger partial charge in [0.2, 0.25) is 0 Å². The predicted molar refractivity (Wildman–Crippen MR) is 71.9 cm³/mol. The molecular formula is C14H23NO2. The third-order valence-corrected chi connectivity index (χ3v) is 2.53. The molecule has 0 aromatic heterocycles. The van der Waals surface area contributed by atoms with E-state index in [-0.39, 0.29) is 0 Å². The van der Waals surface area contributed by atoms with Crippen LogP contribution in [-0.2, 0) is 4.74 Å². The van der Waals surface area contributed by atoms with Gasteiger partial charge < -0.3 is 14.8 Å². The molecule has 1 N–H and O–H groups in total. The standard InChI is InChI=1S/C14H23NO2/c1-4-5-8-15-13-7-6-12(2)11-14(13)17-10-9-16-3/h6-7,11,15H,4-5,8-10H2,1-3H3. The molecule has 0 aliphatic heterocycles. The molecule has 17 heavy (non-hydrogen) atoms. The maximum absolute atomic E-state index is 5.70. The molecule has 0 radical (unpaired) electrons. The molecule has 3 nitrogen and oxygen atoms in total. The summed E-state index contributed by atoms with van der Waals surface area (Å²) in [6.07, 6.45) is 2.37. The largest absolute Gasteiger partial charge is 0.489 e. The Morgan fingerprint density at radius 3 is 2.76 bits per heavy atom. The topological polar surface area (TPSA) is 30.5 Å². The molecular weight excluding hydrogens is 214 g/mol. The van der Waals surface area contributed by atoms with Crippen LogP contribution >= 0.6 is 0 Å². The summed E-state index contributed by atoms with van der Waals surface area (Å²) < 4.78 is 10.7. The summed E-state index contributed by atoms with van der Waals surface area (Å²) >= 11 is 0. The first-order chi connectivity index (χ1) is 8.27. The second-order valence-corrected chi connectivity index (χ2v) is 4.12. The smallest absolute Gasteiger partial charge is 0.142 e. The summed E-state index contributed by atoms with van der Waals surface area (Å²) in [5.74, 6) is 0.915. The average molecular weight is 237 g/mol. The van der Waals surface area contributed by atoms with Gasteiger partial charge in [0.05, 0.1) is 12.3 Å². The van der Waals surface area contributed by atoms with Gasteiger partial charge in [0, 0.05) is 13.7 Å². The molecule has 0 aliphatic rings.